The maximum absolute atomic E-state index is 8.97. The number of hydrogen-bond donors (Lipinski definition) is 0. The fourth-order valence-corrected chi connectivity index (χ4v) is 1.87. The number of aryl methyl sites for hydroxylation is 1. The zero-order valence-corrected chi connectivity index (χ0v) is 9.03. The van der Waals surface area contributed by atoms with Gasteiger partial charge in [-0.2, -0.15) is 5.26 Å². The lowest BCUT2D eigenvalue weighted by Crippen LogP contribution is -2.12. The van der Waals surface area contributed by atoms with E-state index in [0.29, 0.717) is 0 Å². The minimum atomic E-state index is -0.135. The zero-order chi connectivity index (χ0) is 9.73. The van der Waals surface area contributed by atoms with Crippen LogP contribution in [0.1, 0.15) is 31.6 Å². The predicted molar refractivity (Wildman–Crippen MR) is 56.7 cm³/mol. The third kappa shape index (κ3) is 2.86. The van der Waals surface area contributed by atoms with Gasteiger partial charge in [-0.3, -0.25) is 0 Å². The first-order valence-corrected chi connectivity index (χ1v) is 5.52. The molecule has 1 heterocycles. The van der Waals surface area contributed by atoms with E-state index in [2.05, 4.69) is 30.5 Å². The van der Waals surface area contributed by atoms with Crippen LogP contribution in [0.5, 0.6) is 0 Å². The number of hydrogen-bond acceptors (Lipinski definition) is 2. The van der Waals surface area contributed by atoms with E-state index in [1.807, 2.05) is 6.92 Å². The molecule has 0 spiro atoms. The van der Waals surface area contributed by atoms with E-state index in [4.69, 9.17) is 5.26 Å². The fourth-order valence-electron chi connectivity index (χ4n) is 1.17. The smallest absolute Gasteiger partial charge is 0.0686 e. The zero-order valence-electron chi connectivity index (χ0n) is 8.21. The topological polar surface area (TPSA) is 23.8 Å². The van der Waals surface area contributed by atoms with Crippen LogP contribution in [-0.2, 0) is 6.42 Å². The van der Waals surface area contributed by atoms with Crippen LogP contribution in [0.2, 0.25) is 0 Å². The fraction of sp³-hybridized carbons (Fsp3) is 0.545. The average Bonchev–Trinajstić information content (AvgIpc) is 2.67. The summed E-state index contributed by atoms with van der Waals surface area (Å²) in [5.41, 5.74) is -0.135. The molecule has 0 N–H and O–H groups in total. The van der Waals surface area contributed by atoms with Crippen molar-refractivity contribution >= 4 is 11.3 Å². The highest BCUT2D eigenvalue weighted by Gasteiger charge is 2.20. The van der Waals surface area contributed by atoms with Crippen LogP contribution in [0.4, 0.5) is 0 Å². The van der Waals surface area contributed by atoms with Crippen LogP contribution < -0.4 is 0 Å². The van der Waals surface area contributed by atoms with Crippen LogP contribution in [-0.4, -0.2) is 0 Å². The maximum Gasteiger partial charge on any atom is 0.0686 e. The van der Waals surface area contributed by atoms with Gasteiger partial charge in [0, 0.05) is 4.88 Å². The van der Waals surface area contributed by atoms with Crippen molar-refractivity contribution in [1.82, 2.24) is 0 Å². The first-order valence-electron chi connectivity index (χ1n) is 4.64. The Bertz CT molecular complexity index is 284. The van der Waals surface area contributed by atoms with E-state index >= 15 is 0 Å². The van der Waals surface area contributed by atoms with Crippen LogP contribution in [0.15, 0.2) is 17.5 Å². The molecule has 1 aromatic heterocycles. The molecule has 0 amide bonds. The van der Waals surface area contributed by atoms with Gasteiger partial charge in [-0.1, -0.05) is 13.0 Å². The Morgan fingerprint density at radius 3 is 2.85 bits per heavy atom. The summed E-state index contributed by atoms with van der Waals surface area (Å²) in [6.45, 7) is 4.12. The van der Waals surface area contributed by atoms with Crippen LogP contribution in [0.25, 0.3) is 0 Å². The molecule has 13 heavy (non-hydrogen) atoms. The molecule has 0 aromatic carbocycles. The van der Waals surface area contributed by atoms with Gasteiger partial charge in [-0.25, -0.2) is 0 Å². The van der Waals surface area contributed by atoms with Crippen molar-refractivity contribution in [3.05, 3.63) is 22.4 Å². The molecule has 1 aromatic rings. The molecule has 0 aliphatic rings. The molecule has 0 saturated heterocycles. The highest BCUT2D eigenvalue weighted by Crippen LogP contribution is 2.27. The molecule has 0 radical (unpaired) electrons. The standard InChI is InChI=1S/C11H15NS/c1-3-11(2,9-12)7-6-10-5-4-8-13-10/h4-5,8H,3,6-7H2,1-2H3. The van der Waals surface area contributed by atoms with E-state index in [-0.39, 0.29) is 5.41 Å². The molecular weight excluding hydrogens is 178 g/mol. The summed E-state index contributed by atoms with van der Waals surface area (Å²) < 4.78 is 0. The van der Waals surface area contributed by atoms with Gasteiger partial charge in [0.1, 0.15) is 0 Å². The Kier molecular flexibility index (Phi) is 3.50. The van der Waals surface area contributed by atoms with Gasteiger partial charge in [-0.15, -0.1) is 11.3 Å². The molecule has 0 aliphatic heterocycles. The van der Waals surface area contributed by atoms with Crippen molar-refractivity contribution < 1.29 is 0 Å². The number of nitriles is 1. The van der Waals surface area contributed by atoms with E-state index < -0.39 is 0 Å². The van der Waals surface area contributed by atoms with Crippen molar-refractivity contribution in [2.24, 2.45) is 5.41 Å². The van der Waals surface area contributed by atoms with Gasteiger partial charge in [0.05, 0.1) is 11.5 Å². The summed E-state index contributed by atoms with van der Waals surface area (Å²) in [6.07, 6.45) is 2.95. The molecule has 0 saturated carbocycles. The maximum atomic E-state index is 8.97. The SMILES string of the molecule is CCC(C)(C#N)CCc1cccs1. The summed E-state index contributed by atoms with van der Waals surface area (Å²) in [5, 5.41) is 11.1. The third-order valence-corrected chi connectivity index (χ3v) is 3.49. The van der Waals surface area contributed by atoms with Crippen molar-refractivity contribution in [2.75, 3.05) is 0 Å². The van der Waals surface area contributed by atoms with E-state index in [9.17, 15) is 0 Å². The molecule has 1 rings (SSSR count). The van der Waals surface area contributed by atoms with Crippen LogP contribution >= 0.6 is 11.3 Å². The Morgan fingerprint density at radius 1 is 1.62 bits per heavy atom. The lowest BCUT2D eigenvalue weighted by molar-refractivity contribution is 0.392. The van der Waals surface area contributed by atoms with Gasteiger partial charge >= 0.3 is 0 Å². The second kappa shape index (κ2) is 4.43. The minimum absolute atomic E-state index is 0.135. The summed E-state index contributed by atoms with van der Waals surface area (Å²) in [6, 6.07) is 6.60. The summed E-state index contributed by atoms with van der Waals surface area (Å²) >= 11 is 1.78. The Hall–Kier alpha value is -0.810. The quantitative estimate of drug-likeness (QED) is 0.716. The van der Waals surface area contributed by atoms with Crippen LogP contribution in [0, 0.1) is 16.7 Å². The van der Waals surface area contributed by atoms with Gasteiger partial charge in [-0.05, 0) is 37.6 Å². The molecule has 0 fully saturated rings. The number of thiophene rings is 1. The molecule has 1 nitrogen and oxygen atoms in total. The second-order valence-electron chi connectivity index (χ2n) is 3.61. The van der Waals surface area contributed by atoms with Gasteiger partial charge < -0.3 is 0 Å². The first-order chi connectivity index (χ1) is 6.20. The minimum Gasteiger partial charge on any atom is -0.198 e. The largest absolute Gasteiger partial charge is 0.198 e. The second-order valence-corrected chi connectivity index (χ2v) is 4.64. The normalized spacial score (nSPS) is 14.8. The molecule has 0 bridgehead atoms. The molecular formula is C11H15NS. The van der Waals surface area contributed by atoms with Crippen molar-refractivity contribution in [1.29, 1.82) is 5.26 Å². The molecule has 1 unspecified atom stereocenters. The summed E-state index contributed by atoms with van der Waals surface area (Å²) in [7, 11) is 0. The number of rotatable bonds is 4. The predicted octanol–water partition coefficient (Wildman–Crippen LogP) is 3.62. The van der Waals surface area contributed by atoms with Crippen LogP contribution in [0.3, 0.4) is 0 Å². The van der Waals surface area contributed by atoms with E-state index in [1.54, 1.807) is 11.3 Å². The van der Waals surface area contributed by atoms with Gasteiger partial charge in [0.2, 0.25) is 0 Å². The summed E-state index contributed by atoms with van der Waals surface area (Å²) in [5.74, 6) is 0. The number of nitrogens with zero attached hydrogens (tertiary/aromatic N) is 1. The highest BCUT2D eigenvalue weighted by molar-refractivity contribution is 7.09. The van der Waals surface area contributed by atoms with E-state index in [0.717, 1.165) is 19.3 Å². The van der Waals surface area contributed by atoms with Crippen molar-refractivity contribution in [3.63, 3.8) is 0 Å². The third-order valence-electron chi connectivity index (χ3n) is 2.55. The van der Waals surface area contributed by atoms with Gasteiger partial charge in [0.15, 0.2) is 0 Å². The van der Waals surface area contributed by atoms with Gasteiger partial charge in [0.25, 0.3) is 0 Å². The average molecular weight is 193 g/mol. The Morgan fingerprint density at radius 2 is 2.38 bits per heavy atom. The Balaban J connectivity index is 2.47. The van der Waals surface area contributed by atoms with Crippen molar-refractivity contribution in [3.8, 4) is 6.07 Å². The molecule has 2 heteroatoms. The highest BCUT2D eigenvalue weighted by atomic mass is 32.1. The lowest BCUT2D eigenvalue weighted by Gasteiger charge is -2.18. The monoisotopic (exact) mass is 193 g/mol. The molecule has 1 atom stereocenters. The molecule has 0 aliphatic carbocycles. The lowest BCUT2D eigenvalue weighted by atomic mass is 9.84. The molecule has 70 valence electrons. The van der Waals surface area contributed by atoms with Crippen molar-refractivity contribution in [2.45, 2.75) is 33.1 Å². The van der Waals surface area contributed by atoms with E-state index in [1.165, 1.54) is 4.88 Å². The first kappa shape index (κ1) is 10.3. The summed E-state index contributed by atoms with van der Waals surface area (Å²) in [4.78, 5) is 1.38. The Labute approximate surface area is 84.0 Å².